The Morgan fingerprint density at radius 2 is 2.00 bits per heavy atom. The minimum atomic E-state index is -1.58. The first-order valence-electron chi connectivity index (χ1n) is 10.6. The highest BCUT2D eigenvalue weighted by atomic mass is 19.1. The topological polar surface area (TPSA) is 79.0 Å². The monoisotopic (exact) mass is 451 g/mol. The minimum absolute atomic E-state index is 0.00320. The number of benzene rings is 2. The van der Waals surface area contributed by atoms with Crippen LogP contribution < -0.4 is 15.2 Å². The van der Waals surface area contributed by atoms with Gasteiger partial charge in [0.1, 0.15) is 29.3 Å². The Hall–Kier alpha value is -3.68. The van der Waals surface area contributed by atoms with Gasteiger partial charge in [0.25, 0.3) is 6.02 Å². The number of alkyl halides is 1. The molecule has 3 heterocycles. The largest absolute Gasteiger partial charge is 0.490 e. The zero-order valence-electron chi connectivity index (χ0n) is 18.3. The molecule has 2 N–H and O–H groups in total. The van der Waals surface area contributed by atoms with Crippen LogP contribution in [0.5, 0.6) is 17.2 Å². The van der Waals surface area contributed by atoms with Crippen molar-refractivity contribution in [3.8, 4) is 28.4 Å². The Labute approximate surface area is 190 Å². The molecule has 2 aliphatic heterocycles. The molecule has 0 amide bonds. The molecule has 3 aromatic rings. The van der Waals surface area contributed by atoms with E-state index in [0.29, 0.717) is 17.7 Å². The number of hydrogen-bond acceptors (Lipinski definition) is 6. The zero-order valence-corrected chi connectivity index (χ0v) is 18.3. The second-order valence-electron chi connectivity index (χ2n) is 8.75. The van der Waals surface area contributed by atoms with Crippen LogP contribution in [0.1, 0.15) is 31.4 Å². The molecule has 0 fully saturated rings. The van der Waals surface area contributed by atoms with Gasteiger partial charge in [-0.3, -0.25) is 4.98 Å². The van der Waals surface area contributed by atoms with E-state index in [9.17, 15) is 4.39 Å². The van der Waals surface area contributed by atoms with Crippen molar-refractivity contribution in [2.45, 2.75) is 31.5 Å². The van der Waals surface area contributed by atoms with Crippen molar-refractivity contribution in [2.24, 2.45) is 10.7 Å². The highest BCUT2D eigenvalue weighted by Gasteiger charge is 2.46. The van der Waals surface area contributed by atoms with Gasteiger partial charge in [-0.1, -0.05) is 12.1 Å². The van der Waals surface area contributed by atoms with E-state index in [1.54, 1.807) is 24.5 Å². The summed E-state index contributed by atoms with van der Waals surface area (Å²) < 4.78 is 46.2. The zero-order chi connectivity index (χ0) is 23.2. The van der Waals surface area contributed by atoms with Gasteiger partial charge in [0.15, 0.2) is 11.6 Å². The van der Waals surface area contributed by atoms with Crippen LogP contribution in [-0.4, -0.2) is 29.9 Å². The number of aromatic nitrogens is 1. The van der Waals surface area contributed by atoms with Crippen molar-refractivity contribution in [3.05, 3.63) is 71.8 Å². The van der Waals surface area contributed by atoms with Crippen LogP contribution in [0, 0.1) is 5.82 Å². The Morgan fingerprint density at radius 1 is 1.15 bits per heavy atom. The van der Waals surface area contributed by atoms with Gasteiger partial charge < -0.3 is 19.9 Å². The fourth-order valence-electron chi connectivity index (χ4n) is 4.20. The lowest BCUT2D eigenvalue weighted by atomic mass is 9.77. The third kappa shape index (κ3) is 3.86. The van der Waals surface area contributed by atoms with Gasteiger partial charge in [0.05, 0.1) is 6.61 Å². The molecule has 8 heteroatoms. The lowest BCUT2D eigenvalue weighted by molar-refractivity contribution is 0.120. The first-order valence-corrected chi connectivity index (χ1v) is 10.6. The van der Waals surface area contributed by atoms with E-state index >= 15 is 4.39 Å². The molecular weight excluding hydrogens is 428 g/mol. The third-order valence-corrected chi connectivity index (χ3v) is 5.69. The summed E-state index contributed by atoms with van der Waals surface area (Å²) in [7, 11) is 0. The maximum absolute atomic E-state index is 15.2. The van der Waals surface area contributed by atoms with Crippen molar-refractivity contribution in [1.82, 2.24) is 4.98 Å². The molecule has 0 aliphatic carbocycles. The number of hydrogen-bond donors (Lipinski definition) is 1. The van der Waals surface area contributed by atoms with Crippen LogP contribution in [0.4, 0.5) is 8.78 Å². The fourth-order valence-corrected chi connectivity index (χ4v) is 4.20. The molecule has 2 aromatic carbocycles. The highest BCUT2D eigenvalue weighted by Crippen LogP contribution is 2.54. The second-order valence-corrected chi connectivity index (χ2v) is 8.75. The summed E-state index contributed by atoms with van der Waals surface area (Å²) in [4.78, 5) is 8.86. The molecule has 0 radical (unpaired) electrons. The summed E-state index contributed by atoms with van der Waals surface area (Å²) in [5.41, 5.74) is 6.38. The summed E-state index contributed by atoms with van der Waals surface area (Å²) in [6, 6.07) is 12.3. The number of fused-ring (bicyclic) bond motifs is 4. The van der Waals surface area contributed by atoms with E-state index in [2.05, 4.69) is 9.98 Å². The average molecular weight is 451 g/mol. The number of ether oxygens (including phenoxy) is 3. The maximum atomic E-state index is 15.2. The smallest absolute Gasteiger partial charge is 0.283 e. The number of amidine groups is 1. The molecule has 33 heavy (non-hydrogen) atoms. The minimum Gasteiger partial charge on any atom is -0.490 e. The van der Waals surface area contributed by atoms with Crippen LogP contribution >= 0.6 is 0 Å². The van der Waals surface area contributed by atoms with Crippen LogP contribution in [-0.2, 0) is 10.3 Å². The van der Waals surface area contributed by atoms with Crippen molar-refractivity contribution >= 4 is 6.02 Å². The number of nitrogens with two attached hydrogens (primary N) is 1. The molecule has 1 spiro atoms. The van der Waals surface area contributed by atoms with Crippen molar-refractivity contribution in [3.63, 3.8) is 0 Å². The van der Waals surface area contributed by atoms with Crippen molar-refractivity contribution in [2.75, 3.05) is 13.2 Å². The quantitative estimate of drug-likeness (QED) is 0.597. The molecule has 0 bridgehead atoms. The Bertz CT molecular complexity index is 1240. The molecule has 1 atom stereocenters. The number of halogens is 2. The molecule has 5 rings (SSSR count). The molecule has 2 aliphatic rings. The van der Waals surface area contributed by atoms with Crippen LogP contribution in [0.3, 0.4) is 0 Å². The van der Waals surface area contributed by atoms with Gasteiger partial charge in [-0.2, -0.15) is 0 Å². The summed E-state index contributed by atoms with van der Waals surface area (Å²) in [5, 5.41) is 0. The molecule has 0 saturated heterocycles. The molecule has 0 saturated carbocycles. The van der Waals surface area contributed by atoms with Gasteiger partial charge in [-0.05, 0) is 43.7 Å². The summed E-state index contributed by atoms with van der Waals surface area (Å²) in [5.74, 6) is 0.0841. The summed E-state index contributed by atoms with van der Waals surface area (Å²) in [6.45, 7) is 2.85. The van der Waals surface area contributed by atoms with Crippen molar-refractivity contribution < 1.29 is 23.0 Å². The number of nitrogens with zero attached hydrogens (tertiary/aromatic N) is 2. The number of rotatable bonds is 4. The lowest BCUT2D eigenvalue weighted by Gasteiger charge is -2.39. The van der Waals surface area contributed by atoms with Crippen LogP contribution in [0.2, 0.25) is 0 Å². The van der Waals surface area contributed by atoms with Gasteiger partial charge in [-0.15, -0.1) is 0 Å². The van der Waals surface area contributed by atoms with E-state index in [1.165, 1.54) is 19.9 Å². The van der Waals surface area contributed by atoms with E-state index in [4.69, 9.17) is 19.9 Å². The standard InChI is InChI=1S/C25H23F2N3O3/c1-24(2,27)14-32-17-11-19-22(20(26)12-17)33-21-6-5-15(16-4-3-8-29-13-16)10-18(21)25(19)7-9-31-23(28)30-25/h3-6,8,10-13H,7,9,14H2,1-2H3,(H2,28,30)/t25-/m1/s1. The molecule has 6 nitrogen and oxygen atoms in total. The average Bonchev–Trinajstić information content (AvgIpc) is 2.79. The van der Waals surface area contributed by atoms with Crippen LogP contribution in [0.15, 0.2) is 59.9 Å². The van der Waals surface area contributed by atoms with Gasteiger partial charge >= 0.3 is 0 Å². The van der Waals surface area contributed by atoms with E-state index < -0.39 is 17.0 Å². The lowest BCUT2D eigenvalue weighted by Crippen LogP contribution is -2.38. The second kappa shape index (κ2) is 7.72. The summed E-state index contributed by atoms with van der Waals surface area (Å²) >= 11 is 0. The number of pyridine rings is 1. The third-order valence-electron chi connectivity index (χ3n) is 5.69. The normalized spacial score (nSPS) is 19.1. The van der Waals surface area contributed by atoms with Crippen molar-refractivity contribution in [1.29, 1.82) is 0 Å². The van der Waals surface area contributed by atoms with Gasteiger partial charge in [-0.25, -0.2) is 13.8 Å². The SMILES string of the molecule is CC(C)(F)COc1cc(F)c2c(c1)[C@@]1(CCOC(N)=N1)c1cc(-c3cccnc3)ccc1O2. The molecule has 0 unspecified atom stereocenters. The number of aliphatic imine (C=N–C) groups is 1. The van der Waals surface area contributed by atoms with E-state index in [-0.39, 0.29) is 30.7 Å². The summed E-state index contributed by atoms with van der Waals surface area (Å²) in [6.07, 6.45) is 3.87. The van der Waals surface area contributed by atoms with Gasteiger partial charge in [0, 0.05) is 41.6 Å². The Morgan fingerprint density at radius 3 is 2.73 bits per heavy atom. The fraction of sp³-hybridized carbons (Fsp3) is 0.280. The molecule has 170 valence electrons. The first kappa shape index (κ1) is 21.2. The Balaban J connectivity index is 1.69. The van der Waals surface area contributed by atoms with E-state index in [1.807, 2.05) is 24.3 Å². The predicted molar refractivity (Wildman–Crippen MR) is 120 cm³/mol. The predicted octanol–water partition coefficient (Wildman–Crippen LogP) is 5.10. The van der Waals surface area contributed by atoms with E-state index in [0.717, 1.165) is 16.7 Å². The highest BCUT2D eigenvalue weighted by molar-refractivity contribution is 5.76. The maximum Gasteiger partial charge on any atom is 0.283 e. The molecular formula is C25H23F2N3O3. The first-order chi connectivity index (χ1) is 15.7. The Kier molecular flexibility index (Phi) is 4.96. The van der Waals surface area contributed by atoms with Gasteiger partial charge in [0.2, 0.25) is 0 Å². The van der Waals surface area contributed by atoms with Crippen LogP contribution in [0.25, 0.3) is 11.1 Å². The molecule has 1 aromatic heterocycles.